The topological polar surface area (TPSA) is 111 Å². The molecule has 0 aliphatic heterocycles. The van der Waals surface area contributed by atoms with Crippen molar-refractivity contribution in [2.75, 3.05) is 30.8 Å². The predicted molar refractivity (Wildman–Crippen MR) is 76.4 cm³/mol. The molecule has 0 aliphatic carbocycles. The fourth-order valence-corrected chi connectivity index (χ4v) is 1.57. The van der Waals surface area contributed by atoms with Gasteiger partial charge in [-0.2, -0.15) is 19.9 Å². The number of hydrogen-bond acceptors (Lipinski definition) is 9. The van der Waals surface area contributed by atoms with Crippen LogP contribution in [0.5, 0.6) is 6.01 Å². The molecule has 21 heavy (non-hydrogen) atoms. The van der Waals surface area contributed by atoms with E-state index < -0.39 is 0 Å². The summed E-state index contributed by atoms with van der Waals surface area (Å²) in [5, 5.41) is 10.0. The van der Waals surface area contributed by atoms with Gasteiger partial charge in [0, 0.05) is 26.4 Å². The van der Waals surface area contributed by atoms with Gasteiger partial charge in [-0.3, -0.25) is 0 Å². The van der Waals surface area contributed by atoms with Crippen LogP contribution in [0.1, 0.15) is 25.1 Å². The van der Waals surface area contributed by atoms with Crippen molar-refractivity contribution in [3.8, 4) is 6.01 Å². The normalized spacial score (nSPS) is 10.4. The van der Waals surface area contributed by atoms with Crippen LogP contribution in [0.15, 0.2) is 4.52 Å². The summed E-state index contributed by atoms with van der Waals surface area (Å²) in [6.07, 6.45) is 1.59. The standard InChI is InChI=1S/C12H19N7O2/c1-4-6-13-10-16-11(18-12(17-10)20-3)14-7-5-9-15-8(2)21-19-9/h4-7H2,1-3H3,(H2,13,14,16,17,18). The molecule has 0 saturated heterocycles. The van der Waals surface area contributed by atoms with Crippen LogP contribution in [-0.2, 0) is 6.42 Å². The van der Waals surface area contributed by atoms with Crippen molar-refractivity contribution in [1.82, 2.24) is 25.1 Å². The van der Waals surface area contributed by atoms with Gasteiger partial charge >= 0.3 is 6.01 Å². The molecule has 0 saturated carbocycles. The number of nitrogens with zero attached hydrogens (tertiary/aromatic N) is 5. The Morgan fingerprint density at radius 2 is 1.76 bits per heavy atom. The van der Waals surface area contributed by atoms with Gasteiger partial charge < -0.3 is 19.9 Å². The predicted octanol–water partition coefficient (Wildman–Crippen LogP) is 1.05. The van der Waals surface area contributed by atoms with E-state index in [9.17, 15) is 0 Å². The summed E-state index contributed by atoms with van der Waals surface area (Å²) in [5.74, 6) is 2.13. The number of hydrogen-bond donors (Lipinski definition) is 2. The molecule has 9 nitrogen and oxygen atoms in total. The zero-order valence-corrected chi connectivity index (χ0v) is 12.4. The van der Waals surface area contributed by atoms with Gasteiger partial charge in [0.25, 0.3) is 0 Å². The van der Waals surface area contributed by atoms with Gasteiger partial charge in [0.2, 0.25) is 17.8 Å². The lowest BCUT2D eigenvalue weighted by molar-refractivity contribution is 0.379. The largest absolute Gasteiger partial charge is 0.467 e. The molecule has 2 aromatic heterocycles. The van der Waals surface area contributed by atoms with Crippen LogP contribution in [0.25, 0.3) is 0 Å². The van der Waals surface area contributed by atoms with E-state index in [1.807, 2.05) is 0 Å². The second-order valence-corrected chi connectivity index (χ2v) is 4.30. The van der Waals surface area contributed by atoms with E-state index >= 15 is 0 Å². The maximum absolute atomic E-state index is 5.06. The highest BCUT2D eigenvalue weighted by Gasteiger charge is 2.07. The molecular weight excluding hydrogens is 274 g/mol. The average molecular weight is 293 g/mol. The van der Waals surface area contributed by atoms with Gasteiger partial charge in [0.05, 0.1) is 7.11 Å². The average Bonchev–Trinajstić information content (AvgIpc) is 2.90. The molecule has 9 heteroatoms. The van der Waals surface area contributed by atoms with E-state index in [0.29, 0.717) is 36.6 Å². The van der Waals surface area contributed by atoms with Crippen LogP contribution in [0.2, 0.25) is 0 Å². The first-order valence-corrected chi connectivity index (χ1v) is 6.78. The fraction of sp³-hybridized carbons (Fsp3) is 0.583. The maximum atomic E-state index is 5.06. The van der Waals surface area contributed by atoms with Crippen LogP contribution in [0.3, 0.4) is 0 Å². The molecule has 0 aliphatic rings. The van der Waals surface area contributed by atoms with Gasteiger partial charge in [0.15, 0.2) is 5.82 Å². The van der Waals surface area contributed by atoms with Crippen LogP contribution in [-0.4, -0.2) is 45.3 Å². The lowest BCUT2D eigenvalue weighted by Gasteiger charge is -2.08. The SMILES string of the molecule is CCCNc1nc(NCCc2noc(C)n2)nc(OC)n1. The minimum absolute atomic E-state index is 0.265. The molecule has 2 rings (SSSR count). The number of rotatable bonds is 8. The summed E-state index contributed by atoms with van der Waals surface area (Å²) >= 11 is 0. The van der Waals surface area contributed by atoms with E-state index in [0.717, 1.165) is 13.0 Å². The Balaban J connectivity index is 1.94. The van der Waals surface area contributed by atoms with Gasteiger partial charge in [-0.05, 0) is 6.42 Å². The number of ether oxygens (including phenoxy) is 1. The molecule has 2 aromatic rings. The Hall–Kier alpha value is -2.45. The molecular formula is C12H19N7O2. The van der Waals surface area contributed by atoms with Crippen molar-refractivity contribution in [1.29, 1.82) is 0 Å². The zero-order valence-electron chi connectivity index (χ0n) is 12.4. The molecule has 0 fully saturated rings. The number of aromatic nitrogens is 5. The Bertz CT molecular complexity index is 572. The zero-order chi connectivity index (χ0) is 15.1. The van der Waals surface area contributed by atoms with Crippen molar-refractivity contribution >= 4 is 11.9 Å². The Morgan fingerprint density at radius 1 is 1.05 bits per heavy atom. The minimum atomic E-state index is 0.265. The molecule has 0 radical (unpaired) electrons. The van der Waals surface area contributed by atoms with Crippen LogP contribution < -0.4 is 15.4 Å². The molecule has 0 spiro atoms. The number of anilines is 2. The van der Waals surface area contributed by atoms with E-state index in [1.165, 1.54) is 7.11 Å². The fourth-order valence-electron chi connectivity index (χ4n) is 1.57. The summed E-state index contributed by atoms with van der Waals surface area (Å²) in [6, 6.07) is 0.265. The van der Waals surface area contributed by atoms with E-state index in [4.69, 9.17) is 9.26 Å². The van der Waals surface area contributed by atoms with E-state index in [-0.39, 0.29) is 6.01 Å². The van der Waals surface area contributed by atoms with E-state index in [1.54, 1.807) is 6.92 Å². The molecule has 2 N–H and O–H groups in total. The van der Waals surface area contributed by atoms with Crippen LogP contribution >= 0.6 is 0 Å². The molecule has 0 bridgehead atoms. The van der Waals surface area contributed by atoms with E-state index in [2.05, 4.69) is 42.6 Å². The molecule has 0 unspecified atom stereocenters. The molecule has 114 valence electrons. The van der Waals surface area contributed by atoms with Gasteiger partial charge in [-0.25, -0.2) is 0 Å². The first kappa shape index (κ1) is 14.9. The smallest absolute Gasteiger partial charge is 0.322 e. The Labute approximate surface area is 122 Å². The summed E-state index contributed by atoms with van der Waals surface area (Å²) in [4.78, 5) is 16.7. The summed E-state index contributed by atoms with van der Waals surface area (Å²) in [7, 11) is 1.52. The van der Waals surface area contributed by atoms with Crippen molar-refractivity contribution in [3.05, 3.63) is 11.7 Å². The van der Waals surface area contributed by atoms with Crippen LogP contribution in [0, 0.1) is 6.92 Å². The highest BCUT2D eigenvalue weighted by atomic mass is 16.5. The highest BCUT2D eigenvalue weighted by molar-refractivity contribution is 5.35. The molecule has 0 aromatic carbocycles. The molecule has 0 amide bonds. The summed E-state index contributed by atoms with van der Waals surface area (Å²) in [6.45, 7) is 5.19. The molecule has 2 heterocycles. The second kappa shape index (κ2) is 7.36. The Kier molecular flexibility index (Phi) is 5.24. The van der Waals surface area contributed by atoms with Gasteiger partial charge in [0.1, 0.15) is 0 Å². The highest BCUT2D eigenvalue weighted by Crippen LogP contribution is 2.10. The maximum Gasteiger partial charge on any atom is 0.322 e. The first-order chi connectivity index (χ1) is 10.2. The lowest BCUT2D eigenvalue weighted by atomic mass is 10.4. The minimum Gasteiger partial charge on any atom is -0.467 e. The number of methoxy groups -OCH3 is 1. The quantitative estimate of drug-likeness (QED) is 0.737. The lowest BCUT2D eigenvalue weighted by Crippen LogP contribution is -2.12. The van der Waals surface area contributed by atoms with Crippen molar-refractivity contribution < 1.29 is 9.26 Å². The van der Waals surface area contributed by atoms with Gasteiger partial charge in [-0.1, -0.05) is 12.1 Å². The Morgan fingerprint density at radius 3 is 2.33 bits per heavy atom. The second-order valence-electron chi connectivity index (χ2n) is 4.30. The third-order valence-corrected chi connectivity index (χ3v) is 2.53. The van der Waals surface area contributed by atoms with Gasteiger partial charge in [-0.15, -0.1) is 0 Å². The summed E-state index contributed by atoms with van der Waals surface area (Å²) in [5.41, 5.74) is 0. The third-order valence-electron chi connectivity index (χ3n) is 2.53. The number of aryl methyl sites for hydroxylation is 1. The van der Waals surface area contributed by atoms with Crippen molar-refractivity contribution in [3.63, 3.8) is 0 Å². The monoisotopic (exact) mass is 293 g/mol. The van der Waals surface area contributed by atoms with Crippen molar-refractivity contribution in [2.24, 2.45) is 0 Å². The molecule has 0 atom stereocenters. The first-order valence-electron chi connectivity index (χ1n) is 6.78. The third kappa shape index (κ3) is 4.55. The number of nitrogens with one attached hydrogen (secondary N) is 2. The van der Waals surface area contributed by atoms with Crippen molar-refractivity contribution in [2.45, 2.75) is 26.7 Å². The summed E-state index contributed by atoms with van der Waals surface area (Å²) < 4.78 is 9.97. The van der Waals surface area contributed by atoms with Crippen LogP contribution in [0.4, 0.5) is 11.9 Å².